The van der Waals surface area contributed by atoms with Gasteiger partial charge in [-0.2, -0.15) is 13.2 Å². The van der Waals surface area contributed by atoms with Crippen molar-refractivity contribution in [3.63, 3.8) is 0 Å². The van der Waals surface area contributed by atoms with E-state index in [4.69, 9.17) is 10.5 Å². The number of para-hydroxylation sites is 1. The van der Waals surface area contributed by atoms with Gasteiger partial charge in [-0.15, -0.1) is 0 Å². The van der Waals surface area contributed by atoms with E-state index < -0.39 is 23.9 Å². The van der Waals surface area contributed by atoms with Crippen LogP contribution in [-0.2, 0) is 4.79 Å². The second kappa shape index (κ2) is 7.81. The summed E-state index contributed by atoms with van der Waals surface area (Å²) in [7, 11) is 0. The Bertz CT molecular complexity index is 782. The lowest BCUT2D eigenvalue weighted by molar-refractivity contribution is -0.153. The maximum atomic E-state index is 12.6. The largest absolute Gasteiger partial charge is 0.482 e. The summed E-state index contributed by atoms with van der Waals surface area (Å²) >= 11 is 0.745. The molecule has 0 aromatic heterocycles. The lowest BCUT2D eigenvalue weighted by atomic mass is 10.0. The highest BCUT2D eigenvalue weighted by molar-refractivity contribution is 8.18. The molecular formula is C17H18F3N3O3S. The van der Waals surface area contributed by atoms with Gasteiger partial charge in [0.15, 0.2) is 6.61 Å². The highest BCUT2D eigenvalue weighted by Crippen LogP contribution is 2.38. The number of anilines is 1. The molecule has 3 rings (SSSR count). The molecule has 0 saturated carbocycles. The molecule has 146 valence electrons. The third-order valence-corrected chi connectivity index (χ3v) is 4.93. The molecule has 0 bridgehead atoms. The number of ether oxygens (including phenoxy) is 1. The number of nitrogens with two attached hydrogens (primary N) is 1. The Morgan fingerprint density at radius 1 is 1.37 bits per heavy atom. The first-order valence-corrected chi connectivity index (χ1v) is 9.12. The third kappa shape index (κ3) is 4.95. The summed E-state index contributed by atoms with van der Waals surface area (Å²) < 4.78 is 42.9. The second-order valence-corrected chi connectivity index (χ2v) is 7.31. The van der Waals surface area contributed by atoms with Crippen molar-refractivity contribution in [2.45, 2.75) is 25.1 Å². The molecule has 1 aromatic carbocycles. The molecule has 0 spiro atoms. The minimum atomic E-state index is -4.47. The standard InChI is InChI=1S/C17H18F3N3O3S/c18-17(19,20)9-26-12-5-1-3-10(7-13-15(24)22-16(25)27-13)14(12)23-6-2-4-11(21)8-23/h1,3,5,7,11H,2,4,6,8-9,21H2,(H,22,24,25). The van der Waals surface area contributed by atoms with E-state index in [-0.39, 0.29) is 16.7 Å². The fraction of sp³-hybridized carbons (Fsp3) is 0.412. The predicted molar refractivity (Wildman–Crippen MR) is 96.5 cm³/mol. The van der Waals surface area contributed by atoms with Crippen LogP contribution in [0.5, 0.6) is 5.75 Å². The smallest absolute Gasteiger partial charge is 0.422 e. The predicted octanol–water partition coefficient (Wildman–Crippen LogP) is 2.88. The maximum absolute atomic E-state index is 12.6. The van der Waals surface area contributed by atoms with E-state index in [1.54, 1.807) is 12.1 Å². The Labute approximate surface area is 157 Å². The number of amides is 2. The van der Waals surface area contributed by atoms with E-state index in [1.807, 2.05) is 4.90 Å². The zero-order valence-corrected chi connectivity index (χ0v) is 15.0. The van der Waals surface area contributed by atoms with E-state index in [0.717, 1.165) is 24.6 Å². The fourth-order valence-electron chi connectivity index (χ4n) is 3.05. The number of carbonyl (C=O) groups excluding carboxylic acids is 2. The van der Waals surface area contributed by atoms with Gasteiger partial charge >= 0.3 is 6.18 Å². The fourth-order valence-corrected chi connectivity index (χ4v) is 3.72. The van der Waals surface area contributed by atoms with Crippen LogP contribution in [0, 0.1) is 0 Å². The van der Waals surface area contributed by atoms with Crippen molar-refractivity contribution >= 4 is 34.7 Å². The molecule has 2 fully saturated rings. The number of thioether (sulfide) groups is 1. The van der Waals surface area contributed by atoms with Gasteiger partial charge in [0.05, 0.1) is 10.6 Å². The number of piperidine rings is 1. The van der Waals surface area contributed by atoms with Gasteiger partial charge in [-0.3, -0.25) is 14.9 Å². The first kappa shape index (κ1) is 19.6. The lowest BCUT2D eigenvalue weighted by Crippen LogP contribution is -2.43. The highest BCUT2D eigenvalue weighted by atomic mass is 32.2. The van der Waals surface area contributed by atoms with Gasteiger partial charge < -0.3 is 15.4 Å². The molecule has 6 nitrogen and oxygen atoms in total. The molecule has 2 aliphatic rings. The van der Waals surface area contributed by atoms with E-state index in [1.165, 1.54) is 12.1 Å². The Morgan fingerprint density at radius 2 is 2.15 bits per heavy atom. The van der Waals surface area contributed by atoms with Crippen molar-refractivity contribution in [3.05, 3.63) is 28.7 Å². The molecule has 1 aromatic rings. The molecule has 3 N–H and O–H groups in total. The van der Waals surface area contributed by atoms with Crippen LogP contribution in [0.4, 0.5) is 23.7 Å². The summed E-state index contributed by atoms with van der Waals surface area (Å²) in [5.41, 5.74) is 6.96. The molecular weight excluding hydrogens is 383 g/mol. The maximum Gasteiger partial charge on any atom is 0.422 e. The van der Waals surface area contributed by atoms with E-state index in [0.29, 0.717) is 24.3 Å². The van der Waals surface area contributed by atoms with Crippen molar-refractivity contribution < 1.29 is 27.5 Å². The van der Waals surface area contributed by atoms with Gasteiger partial charge in [0.1, 0.15) is 5.75 Å². The van der Waals surface area contributed by atoms with Crippen LogP contribution < -0.4 is 20.7 Å². The van der Waals surface area contributed by atoms with Gasteiger partial charge in [0.2, 0.25) is 0 Å². The number of benzene rings is 1. The average Bonchev–Trinajstić information content (AvgIpc) is 2.89. The molecule has 1 unspecified atom stereocenters. The number of hydrogen-bond acceptors (Lipinski definition) is 6. The summed E-state index contributed by atoms with van der Waals surface area (Å²) in [6, 6.07) is 4.56. The normalized spacial score (nSPS) is 22.3. The van der Waals surface area contributed by atoms with Crippen LogP contribution in [0.25, 0.3) is 6.08 Å². The summed E-state index contributed by atoms with van der Waals surface area (Å²) in [4.78, 5) is 25.3. The number of rotatable bonds is 4. The summed E-state index contributed by atoms with van der Waals surface area (Å²) in [6.45, 7) is -0.358. The number of hydrogen-bond donors (Lipinski definition) is 2. The topological polar surface area (TPSA) is 84.7 Å². The van der Waals surface area contributed by atoms with Crippen LogP contribution >= 0.6 is 11.8 Å². The summed E-state index contributed by atoms with van der Waals surface area (Å²) in [5.74, 6) is -0.474. The monoisotopic (exact) mass is 401 g/mol. The van der Waals surface area contributed by atoms with Crippen LogP contribution in [0.15, 0.2) is 23.1 Å². The average molecular weight is 401 g/mol. The van der Waals surface area contributed by atoms with Crippen molar-refractivity contribution in [1.29, 1.82) is 0 Å². The number of alkyl halides is 3. The van der Waals surface area contributed by atoms with Gasteiger partial charge in [-0.25, -0.2) is 0 Å². The number of nitrogens with one attached hydrogen (secondary N) is 1. The second-order valence-electron chi connectivity index (χ2n) is 6.30. The first-order valence-electron chi connectivity index (χ1n) is 8.31. The molecule has 0 aliphatic carbocycles. The number of imide groups is 1. The molecule has 2 aliphatic heterocycles. The third-order valence-electron chi connectivity index (χ3n) is 4.12. The Kier molecular flexibility index (Phi) is 5.66. The zero-order valence-electron chi connectivity index (χ0n) is 14.2. The highest BCUT2D eigenvalue weighted by Gasteiger charge is 2.31. The Hall–Kier alpha value is -2.20. The molecule has 1 atom stereocenters. The van der Waals surface area contributed by atoms with Crippen LogP contribution in [-0.4, -0.2) is 43.1 Å². The number of halogens is 3. The van der Waals surface area contributed by atoms with Gasteiger partial charge in [0, 0.05) is 24.7 Å². The van der Waals surface area contributed by atoms with Crippen LogP contribution in [0.3, 0.4) is 0 Å². The van der Waals surface area contributed by atoms with Crippen molar-refractivity contribution in [1.82, 2.24) is 5.32 Å². The minimum Gasteiger partial charge on any atom is -0.482 e. The molecule has 0 radical (unpaired) electrons. The summed E-state index contributed by atoms with van der Waals surface area (Å²) in [5, 5.41) is 1.67. The van der Waals surface area contributed by atoms with E-state index in [9.17, 15) is 22.8 Å². The molecule has 2 amide bonds. The Balaban J connectivity index is 2.00. The zero-order chi connectivity index (χ0) is 19.6. The quantitative estimate of drug-likeness (QED) is 0.755. The first-order chi connectivity index (χ1) is 12.7. The van der Waals surface area contributed by atoms with Gasteiger partial charge in [-0.1, -0.05) is 12.1 Å². The summed E-state index contributed by atoms with van der Waals surface area (Å²) in [6.07, 6.45) is -1.37. The molecule has 10 heteroatoms. The van der Waals surface area contributed by atoms with Crippen molar-refractivity contribution in [2.24, 2.45) is 5.73 Å². The minimum absolute atomic E-state index is 0.0607. The van der Waals surface area contributed by atoms with E-state index >= 15 is 0 Å². The SMILES string of the molecule is NC1CCCN(c2c(C=C3SC(=O)NC3=O)cccc2OCC(F)(F)F)C1. The molecule has 27 heavy (non-hydrogen) atoms. The number of carbonyl (C=O) groups is 2. The Morgan fingerprint density at radius 3 is 2.78 bits per heavy atom. The van der Waals surface area contributed by atoms with Crippen LogP contribution in [0.2, 0.25) is 0 Å². The van der Waals surface area contributed by atoms with Gasteiger partial charge in [0.25, 0.3) is 11.1 Å². The van der Waals surface area contributed by atoms with Gasteiger partial charge in [-0.05, 0) is 36.7 Å². The van der Waals surface area contributed by atoms with Crippen molar-refractivity contribution in [2.75, 3.05) is 24.6 Å². The molecule has 2 saturated heterocycles. The lowest BCUT2D eigenvalue weighted by Gasteiger charge is -2.34. The number of nitrogens with zero attached hydrogens (tertiary/aromatic N) is 1. The van der Waals surface area contributed by atoms with Crippen LogP contribution in [0.1, 0.15) is 18.4 Å². The van der Waals surface area contributed by atoms with E-state index in [2.05, 4.69) is 5.32 Å². The molecule has 2 heterocycles. The van der Waals surface area contributed by atoms with Crippen molar-refractivity contribution in [3.8, 4) is 5.75 Å².